The van der Waals surface area contributed by atoms with Gasteiger partial charge in [-0.05, 0) is 50.1 Å². The highest BCUT2D eigenvalue weighted by Gasteiger charge is 2.17. The quantitative estimate of drug-likeness (QED) is 0.745. The van der Waals surface area contributed by atoms with Gasteiger partial charge in [0.25, 0.3) is 0 Å². The van der Waals surface area contributed by atoms with Gasteiger partial charge < -0.3 is 9.15 Å². The number of furan rings is 1. The van der Waals surface area contributed by atoms with Gasteiger partial charge in [-0.25, -0.2) is 0 Å². The molecule has 0 saturated heterocycles. The number of thiophene rings is 1. The fourth-order valence-corrected chi connectivity index (χ4v) is 3.28. The average Bonchev–Trinajstić information content (AvgIpc) is 2.87. The van der Waals surface area contributed by atoms with Crippen molar-refractivity contribution >= 4 is 49.0 Å². The van der Waals surface area contributed by atoms with Crippen LogP contribution in [0.5, 0.6) is 0 Å². The van der Waals surface area contributed by atoms with Crippen LogP contribution in [0.2, 0.25) is 0 Å². The molecular weight excluding hydrogens is 372 g/mol. The lowest BCUT2D eigenvalue weighted by molar-refractivity contribution is 0.100. The van der Waals surface area contributed by atoms with Crippen molar-refractivity contribution in [2.24, 2.45) is 0 Å². The van der Waals surface area contributed by atoms with E-state index in [9.17, 15) is 4.79 Å². The first-order valence-corrected chi connectivity index (χ1v) is 7.09. The largest absolute Gasteiger partial charge is 0.455 e. The number of ether oxygens (including phenoxy) is 1. The molecule has 0 aliphatic rings. The van der Waals surface area contributed by atoms with Gasteiger partial charge >= 0.3 is 0 Å². The number of carbonyl (C=O) groups is 1. The first-order chi connectivity index (χ1) is 8.11. The summed E-state index contributed by atoms with van der Waals surface area (Å²) in [6, 6.07) is 5.18. The molecule has 17 heavy (non-hydrogen) atoms. The Bertz CT molecular complexity index is 525. The minimum absolute atomic E-state index is 0.122. The Morgan fingerprint density at radius 3 is 2.82 bits per heavy atom. The number of ketones is 1. The van der Waals surface area contributed by atoms with Crippen LogP contribution in [0, 0.1) is 0 Å². The molecule has 0 amide bonds. The van der Waals surface area contributed by atoms with E-state index in [1.807, 2.05) is 0 Å². The smallest absolute Gasteiger partial charge is 0.238 e. The van der Waals surface area contributed by atoms with Crippen molar-refractivity contribution in [3.8, 4) is 0 Å². The number of rotatable bonds is 4. The van der Waals surface area contributed by atoms with Gasteiger partial charge in [-0.15, -0.1) is 11.3 Å². The second-order valence-electron chi connectivity index (χ2n) is 3.26. The lowest BCUT2D eigenvalue weighted by atomic mass is 10.2. The lowest BCUT2D eigenvalue weighted by Gasteiger charge is -1.94. The topological polar surface area (TPSA) is 39.4 Å². The fourth-order valence-electron chi connectivity index (χ4n) is 1.30. The number of methoxy groups -OCH3 is 1. The molecule has 0 aliphatic carbocycles. The van der Waals surface area contributed by atoms with Gasteiger partial charge in [-0.3, -0.25) is 4.79 Å². The monoisotopic (exact) mass is 378 g/mol. The molecule has 0 aromatic carbocycles. The molecule has 2 heterocycles. The third kappa shape index (κ3) is 2.88. The van der Waals surface area contributed by atoms with E-state index in [2.05, 4.69) is 31.9 Å². The van der Waals surface area contributed by atoms with Gasteiger partial charge in [0.1, 0.15) is 12.4 Å². The van der Waals surface area contributed by atoms with Gasteiger partial charge in [-0.2, -0.15) is 0 Å². The highest BCUT2D eigenvalue weighted by molar-refractivity contribution is 9.13. The molecule has 0 saturated carbocycles. The Morgan fingerprint density at radius 2 is 2.24 bits per heavy atom. The van der Waals surface area contributed by atoms with Crippen LogP contribution < -0.4 is 0 Å². The highest BCUT2D eigenvalue weighted by atomic mass is 79.9. The van der Waals surface area contributed by atoms with E-state index < -0.39 is 0 Å². The Balaban J connectivity index is 2.24. The SMILES string of the molecule is COCc1ccc(C(=O)c2cc(Br)c(Br)s2)o1. The second kappa shape index (κ2) is 5.48. The Labute approximate surface area is 119 Å². The fraction of sp³-hybridized carbons (Fsp3) is 0.182. The summed E-state index contributed by atoms with van der Waals surface area (Å²) < 4.78 is 12.1. The van der Waals surface area contributed by atoms with Crippen LogP contribution >= 0.6 is 43.2 Å². The molecule has 90 valence electrons. The van der Waals surface area contributed by atoms with Crippen molar-refractivity contribution in [3.05, 3.63) is 42.9 Å². The molecule has 0 atom stereocenters. The van der Waals surface area contributed by atoms with Gasteiger partial charge in [0, 0.05) is 11.6 Å². The predicted octanol–water partition coefficient (Wildman–Crippen LogP) is 4.24. The lowest BCUT2D eigenvalue weighted by Crippen LogP contribution is -1.95. The minimum Gasteiger partial charge on any atom is -0.455 e. The van der Waals surface area contributed by atoms with E-state index in [4.69, 9.17) is 9.15 Å². The molecule has 2 aromatic heterocycles. The molecule has 0 fully saturated rings. The summed E-state index contributed by atoms with van der Waals surface area (Å²) in [5.74, 6) is 0.854. The maximum atomic E-state index is 12.1. The zero-order chi connectivity index (χ0) is 12.4. The minimum atomic E-state index is -0.122. The van der Waals surface area contributed by atoms with Crippen molar-refractivity contribution in [2.45, 2.75) is 6.61 Å². The summed E-state index contributed by atoms with van der Waals surface area (Å²) in [6.07, 6.45) is 0. The van der Waals surface area contributed by atoms with Crippen molar-refractivity contribution in [3.63, 3.8) is 0 Å². The summed E-state index contributed by atoms with van der Waals surface area (Å²) in [5, 5.41) is 0. The normalized spacial score (nSPS) is 10.8. The first-order valence-electron chi connectivity index (χ1n) is 4.69. The van der Waals surface area contributed by atoms with E-state index in [1.54, 1.807) is 25.3 Å². The highest BCUT2D eigenvalue weighted by Crippen LogP contribution is 2.33. The van der Waals surface area contributed by atoms with Crippen LogP contribution in [0.15, 0.2) is 30.9 Å². The average molecular weight is 380 g/mol. The van der Waals surface area contributed by atoms with E-state index in [0.717, 1.165) is 8.26 Å². The molecule has 0 radical (unpaired) electrons. The first kappa shape index (κ1) is 13.0. The molecule has 6 heteroatoms. The zero-order valence-electron chi connectivity index (χ0n) is 8.83. The molecule has 0 spiro atoms. The summed E-state index contributed by atoms with van der Waals surface area (Å²) in [5.41, 5.74) is 0. The third-order valence-electron chi connectivity index (χ3n) is 2.04. The Kier molecular flexibility index (Phi) is 4.19. The molecule has 2 aromatic rings. The maximum Gasteiger partial charge on any atom is 0.238 e. The van der Waals surface area contributed by atoms with Gasteiger partial charge in [0.15, 0.2) is 5.76 Å². The van der Waals surface area contributed by atoms with Crippen LogP contribution in [0.25, 0.3) is 0 Å². The van der Waals surface area contributed by atoms with Crippen LogP contribution in [0.3, 0.4) is 0 Å². The van der Waals surface area contributed by atoms with E-state index in [0.29, 0.717) is 23.0 Å². The van der Waals surface area contributed by atoms with Gasteiger partial charge in [0.2, 0.25) is 5.78 Å². The number of hydrogen-bond donors (Lipinski definition) is 0. The van der Waals surface area contributed by atoms with E-state index >= 15 is 0 Å². The van der Waals surface area contributed by atoms with E-state index in [-0.39, 0.29) is 5.78 Å². The summed E-state index contributed by atoms with van der Waals surface area (Å²) in [7, 11) is 1.58. The maximum absolute atomic E-state index is 12.1. The van der Waals surface area contributed by atoms with Crippen molar-refractivity contribution < 1.29 is 13.9 Å². The molecule has 0 bridgehead atoms. The Morgan fingerprint density at radius 1 is 1.47 bits per heavy atom. The molecule has 0 unspecified atom stereocenters. The third-order valence-corrected chi connectivity index (χ3v) is 5.30. The zero-order valence-corrected chi connectivity index (χ0v) is 12.8. The molecule has 0 N–H and O–H groups in total. The summed E-state index contributed by atoms with van der Waals surface area (Å²) in [4.78, 5) is 12.7. The van der Waals surface area contributed by atoms with Crippen LogP contribution in [0.1, 0.15) is 21.2 Å². The number of carbonyl (C=O) groups excluding carboxylic acids is 1. The molecule has 2 rings (SSSR count). The van der Waals surface area contributed by atoms with E-state index in [1.165, 1.54) is 11.3 Å². The van der Waals surface area contributed by atoms with Crippen LogP contribution in [-0.2, 0) is 11.3 Å². The predicted molar refractivity (Wildman–Crippen MR) is 72.6 cm³/mol. The van der Waals surface area contributed by atoms with Crippen LogP contribution in [0.4, 0.5) is 0 Å². The van der Waals surface area contributed by atoms with Crippen molar-refractivity contribution in [1.29, 1.82) is 0 Å². The number of halogens is 2. The Hall–Kier alpha value is -0.430. The summed E-state index contributed by atoms with van der Waals surface area (Å²) >= 11 is 8.07. The molecular formula is C11H8Br2O3S. The van der Waals surface area contributed by atoms with Gasteiger partial charge in [-0.1, -0.05) is 0 Å². The standard InChI is InChI=1S/C11H8Br2O3S/c1-15-5-6-2-3-8(16-6)10(14)9-4-7(12)11(13)17-9/h2-4H,5H2,1H3. The number of hydrogen-bond acceptors (Lipinski definition) is 4. The van der Waals surface area contributed by atoms with Crippen LogP contribution in [-0.4, -0.2) is 12.9 Å². The van der Waals surface area contributed by atoms with Crippen molar-refractivity contribution in [1.82, 2.24) is 0 Å². The molecule has 3 nitrogen and oxygen atoms in total. The molecule has 0 aliphatic heterocycles. The second-order valence-corrected chi connectivity index (χ2v) is 6.48. The summed E-state index contributed by atoms with van der Waals surface area (Å²) in [6.45, 7) is 0.366. The van der Waals surface area contributed by atoms with Crippen molar-refractivity contribution in [2.75, 3.05) is 7.11 Å². The van der Waals surface area contributed by atoms with Gasteiger partial charge in [0.05, 0.1) is 8.66 Å².